The van der Waals surface area contributed by atoms with E-state index in [1.807, 2.05) is 0 Å². The Morgan fingerprint density at radius 2 is 0.194 bits per heavy atom. The van der Waals surface area contributed by atoms with E-state index in [2.05, 4.69) is 69.2 Å². The molecule has 14 aromatic carbocycles. The Morgan fingerprint density at radius 1 is 0.132 bits per heavy atom. The van der Waals surface area contributed by atoms with Gasteiger partial charge in [-0.15, -0.1) is 0 Å². The van der Waals surface area contributed by atoms with Gasteiger partial charge < -0.3 is 0 Å². The maximum atomic E-state index is 13.3. The smallest absolute Gasteiger partial charge is 0.196 e. The molecule has 144 heavy (non-hydrogen) atoms. The van der Waals surface area contributed by atoms with Gasteiger partial charge in [0.25, 0.3) is 0 Å². The molecule has 0 aliphatic rings. The van der Waals surface area contributed by atoms with E-state index in [1.165, 1.54) is 55.6 Å². The molecule has 0 aromatic heterocycles. The molecule has 0 amide bonds. The zero-order chi connectivity index (χ0) is 107. The van der Waals surface area contributed by atoms with Crippen molar-refractivity contribution in [2.24, 2.45) is 0 Å². The summed E-state index contributed by atoms with van der Waals surface area (Å²) in [6, 6.07) is 40.7. The van der Waals surface area contributed by atoms with Gasteiger partial charge in [-0.3, -0.25) is 0 Å². The molecule has 14 rings (SSSR count). The van der Waals surface area contributed by atoms with Crippen LogP contribution in [0.15, 0.2) is 291 Å². The van der Waals surface area contributed by atoms with E-state index in [0.717, 1.165) is 146 Å². The van der Waals surface area contributed by atoms with Gasteiger partial charge in [0.05, 0.1) is 66.8 Å². The van der Waals surface area contributed by atoms with Crippen molar-refractivity contribution >= 4 is 84.0 Å². The minimum atomic E-state index is -4.77. The molecule has 0 unspecified atom stereocenters. The number of hydrogen-bond acceptors (Lipinski definition) is 0. The largest absolute Gasteiger partial charge is 5.00 e. The second-order valence-electron chi connectivity index (χ2n) is 34.3. The first-order valence-corrected chi connectivity index (χ1v) is 42.6. The summed E-state index contributed by atoms with van der Waals surface area (Å²) < 4.78 is 480. The third-order valence-electron chi connectivity index (χ3n) is 26.5. The van der Waals surface area contributed by atoms with Gasteiger partial charge in [-0.2, -0.15) is 279 Å². The molecule has 0 nitrogen and oxygen atoms in total. The van der Waals surface area contributed by atoms with Crippen molar-refractivity contribution in [1.82, 2.24) is 0 Å². The van der Waals surface area contributed by atoms with Gasteiger partial charge in [0.15, 0.2) is 0 Å². The first kappa shape index (κ1) is 115. The zero-order valence-corrected chi connectivity index (χ0v) is 77.5. The standard InChI is InChI=1S/3C28H16BF12.2C10H15.Fe/c3*30-25(31,32)17-1-9-21(10-2-17)29(22-11-3-18(4-12-22)26(33,34)35,23-13-5-19(6-14-23)27(36,37)38)24-15-7-20(8-16-24)28(39,40)41;2*1-6-7(2)9(4)10(5)8(6)3;/h3*1-16H;2*1-5H3;/q5*-1;+5. The van der Waals surface area contributed by atoms with Crippen LogP contribution in [0, 0.1) is 69.2 Å². The molecule has 763 valence electrons. The molecule has 0 fully saturated rings. The second kappa shape index (κ2) is 42.3. The minimum absolute atomic E-state index is 0. The number of hydrogen-bond donors (Lipinski definition) is 0. The van der Waals surface area contributed by atoms with Crippen LogP contribution in [-0.4, -0.2) is 18.4 Å². The second-order valence-corrected chi connectivity index (χ2v) is 34.3. The summed E-state index contributed by atoms with van der Waals surface area (Å²) in [5.41, 5.74) is 1.79. The van der Waals surface area contributed by atoms with Gasteiger partial charge in [0.2, 0.25) is 0 Å². The van der Waals surface area contributed by atoms with Crippen LogP contribution in [0.3, 0.4) is 0 Å². The van der Waals surface area contributed by atoms with Crippen molar-refractivity contribution in [3.8, 4) is 0 Å². The predicted octanol–water partition coefficient (Wildman–Crippen LogP) is 27.3. The van der Waals surface area contributed by atoms with Crippen LogP contribution in [0.5, 0.6) is 0 Å². The Labute approximate surface area is 812 Å². The fraction of sp³-hybridized carbons (Fsp3) is 0.212. The molecule has 14 aromatic rings. The predicted molar refractivity (Wildman–Crippen MR) is 482 cm³/mol. The van der Waals surface area contributed by atoms with Crippen LogP contribution in [0.25, 0.3) is 0 Å². The molecule has 0 aliphatic carbocycles. The van der Waals surface area contributed by atoms with E-state index < -0.39 is 159 Å². The van der Waals surface area contributed by atoms with E-state index in [4.69, 9.17) is 0 Å². The van der Waals surface area contributed by atoms with Gasteiger partial charge in [-0.1, -0.05) is 360 Å². The van der Waals surface area contributed by atoms with Crippen LogP contribution in [0.1, 0.15) is 122 Å². The molecule has 0 aliphatic heterocycles. The molecule has 0 bridgehead atoms. The molecular weight excluding hydrogens is 2020 g/mol. The Balaban J connectivity index is 0.000000217. The van der Waals surface area contributed by atoms with Crippen molar-refractivity contribution in [2.75, 3.05) is 0 Å². The van der Waals surface area contributed by atoms with E-state index in [9.17, 15) is 158 Å². The maximum absolute atomic E-state index is 13.3. The Kier molecular flexibility index (Phi) is 33.8. The molecular formula is C104H78B3F36Fe. The SMILES string of the molecule is Cc1c(C)c(C)[c-](C)c1C.Cc1c(C)c(C)[c-](C)c1C.FC(F)(F)c1ccc([B-](c2ccc(C(F)(F)F)cc2)(c2ccc(C(F)(F)F)cc2)c2ccc(C(F)(F)F)cc2)cc1.FC(F)(F)c1ccc([B-](c2ccc(C(F)(F)F)cc2)(c2ccc(C(F)(F)F)cc2)c2ccc(C(F)(F)F)cc2)cc1.FC(F)(F)c1ccc([B-](c2ccc(C(F)(F)F)cc2)(c2ccc(C(F)(F)F)cc2)c2ccc(C(F)(F)F)cc2)cc1.[Fe+5]. The molecule has 1 radical (unpaired) electrons. The first-order valence-electron chi connectivity index (χ1n) is 42.6. The zero-order valence-electron chi connectivity index (χ0n) is 76.4. The quantitative estimate of drug-likeness (QED) is 0.0650. The average Bonchev–Trinajstić information content (AvgIpc) is 1.51. The number of alkyl halides is 36. The van der Waals surface area contributed by atoms with Crippen molar-refractivity contribution in [1.29, 1.82) is 0 Å². The van der Waals surface area contributed by atoms with Gasteiger partial charge in [0, 0.05) is 0 Å². The van der Waals surface area contributed by atoms with Crippen LogP contribution >= 0.6 is 0 Å². The van der Waals surface area contributed by atoms with E-state index in [0.29, 0.717) is 146 Å². The summed E-state index contributed by atoms with van der Waals surface area (Å²) in [5.74, 6) is 0. The minimum Gasteiger partial charge on any atom is -0.196 e. The van der Waals surface area contributed by atoms with Crippen molar-refractivity contribution < 1.29 is 175 Å². The molecule has 0 saturated carbocycles. The number of rotatable bonds is 12. The van der Waals surface area contributed by atoms with E-state index >= 15 is 0 Å². The van der Waals surface area contributed by atoms with Crippen molar-refractivity contribution in [2.45, 2.75) is 143 Å². The van der Waals surface area contributed by atoms with Gasteiger partial charge in [-0.05, 0) is 0 Å². The molecule has 0 heterocycles. The topological polar surface area (TPSA) is 0 Å². The van der Waals surface area contributed by atoms with Crippen molar-refractivity contribution in [3.63, 3.8) is 0 Å². The monoisotopic (exact) mass is 2100 g/mol. The summed E-state index contributed by atoms with van der Waals surface area (Å²) in [7, 11) is 0. The Bertz CT molecular complexity index is 5170. The van der Waals surface area contributed by atoms with Gasteiger partial charge >= 0.3 is 91.2 Å². The summed E-state index contributed by atoms with van der Waals surface area (Å²) in [6.07, 6.45) is -66.0. The summed E-state index contributed by atoms with van der Waals surface area (Å²) in [5, 5.41) is 0. The third-order valence-corrected chi connectivity index (χ3v) is 26.5. The fourth-order valence-electron chi connectivity index (χ4n) is 17.8. The van der Waals surface area contributed by atoms with E-state index in [-0.39, 0.29) is 82.6 Å². The van der Waals surface area contributed by atoms with Crippen LogP contribution in [0.2, 0.25) is 0 Å². The normalized spacial score (nSPS) is 12.9. The molecule has 0 atom stereocenters. The first-order chi connectivity index (χ1) is 65.6. The maximum Gasteiger partial charge on any atom is 5.00 e. The fourth-order valence-corrected chi connectivity index (χ4v) is 17.8. The van der Waals surface area contributed by atoms with Gasteiger partial charge in [-0.25, -0.2) is 0 Å². The Hall–Kier alpha value is -12.5. The summed E-state index contributed by atoms with van der Waals surface area (Å²) >= 11 is 0. The van der Waals surface area contributed by atoms with Crippen molar-refractivity contribution in [3.05, 3.63) is 414 Å². The molecule has 0 N–H and O–H groups in total. The van der Waals surface area contributed by atoms with E-state index in [1.54, 1.807) is 0 Å². The summed E-state index contributed by atoms with van der Waals surface area (Å²) in [6.45, 7) is 22.0. The van der Waals surface area contributed by atoms with Crippen LogP contribution in [0.4, 0.5) is 158 Å². The molecule has 0 saturated heterocycles. The molecule has 0 spiro atoms. The van der Waals surface area contributed by atoms with Gasteiger partial charge in [0.1, 0.15) is 18.4 Å². The average molecular weight is 2100 g/mol. The van der Waals surface area contributed by atoms with Crippen LogP contribution in [-0.2, 0) is 91.2 Å². The molecule has 40 heteroatoms. The Morgan fingerprint density at radius 3 is 0.236 bits per heavy atom. The third kappa shape index (κ3) is 25.2. The van der Waals surface area contributed by atoms with Crippen LogP contribution < -0.4 is 65.6 Å². The number of benzene rings is 12. The number of halogens is 36. The summed E-state index contributed by atoms with van der Waals surface area (Å²) in [4.78, 5) is 0.